The molecule has 0 aliphatic rings. The van der Waals surface area contributed by atoms with Gasteiger partial charge in [-0.3, -0.25) is 0 Å². The van der Waals surface area contributed by atoms with Crippen molar-refractivity contribution in [3.8, 4) is 5.75 Å². The number of aryl methyl sites for hydroxylation is 1. The summed E-state index contributed by atoms with van der Waals surface area (Å²) in [4.78, 5) is 13.9. The molecule has 6 heteroatoms. The summed E-state index contributed by atoms with van der Waals surface area (Å²) in [6.07, 6.45) is -0.548. The van der Waals surface area contributed by atoms with Crippen LogP contribution in [0.1, 0.15) is 5.56 Å². The molecule has 0 bridgehead atoms. The highest BCUT2D eigenvalue weighted by Crippen LogP contribution is 2.16. The number of carbonyl (C=O) groups excluding carboxylic acids is 1. The summed E-state index contributed by atoms with van der Waals surface area (Å²) in [6, 6.07) is 14.3. The number of carbonyl (C=O) groups is 1. The van der Waals surface area contributed by atoms with Crippen molar-refractivity contribution in [2.75, 3.05) is 37.9 Å². The number of nitrogens with zero attached hydrogens (tertiary/aromatic N) is 1. The summed E-state index contributed by atoms with van der Waals surface area (Å²) in [5.74, 6) is 0.641. The summed E-state index contributed by atoms with van der Waals surface area (Å²) in [5.41, 5.74) is 2.53. The van der Waals surface area contributed by atoms with Crippen molar-refractivity contribution in [1.82, 2.24) is 4.90 Å². The van der Waals surface area contributed by atoms with Gasteiger partial charge in [-0.25, -0.2) is 4.79 Å². The van der Waals surface area contributed by atoms with Gasteiger partial charge in [-0.1, -0.05) is 17.7 Å². The predicted octanol–water partition coefficient (Wildman–Crippen LogP) is 2.94. The van der Waals surface area contributed by atoms with Crippen molar-refractivity contribution < 1.29 is 14.6 Å². The van der Waals surface area contributed by atoms with Crippen LogP contribution < -0.4 is 15.4 Å². The van der Waals surface area contributed by atoms with Crippen molar-refractivity contribution in [2.24, 2.45) is 0 Å². The van der Waals surface area contributed by atoms with Gasteiger partial charge >= 0.3 is 6.03 Å². The lowest BCUT2D eigenvalue weighted by molar-refractivity contribution is 0.0831. The minimum Gasteiger partial charge on any atom is -0.491 e. The van der Waals surface area contributed by atoms with Crippen LogP contribution in [0.15, 0.2) is 48.5 Å². The number of aliphatic hydroxyl groups is 1. The third kappa shape index (κ3) is 6.82. The number of aliphatic hydroxyl groups excluding tert-OH is 1. The van der Waals surface area contributed by atoms with E-state index >= 15 is 0 Å². The zero-order valence-corrected chi connectivity index (χ0v) is 14.8. The smallest absolute Gasteiger partial charge is 0.323 e. The van der Waals surface area contributed by atoms with Gasteiger partial charge in [0.2, 0.25) is 0 Å². The van der Waals surface area contributed by atoms with Gasteiger partial charge in [-0.15, -0.1) is 0 Å². The quantitative estimate of drug-likeness (QED) is 0.723. The standard InChI is InChI=1S/C19H25N3O3/c1-14-4-6-15(7-5-14)20-19(24)21-16-8-10-18(11-9-16)25-13-17(23)12-22(2)3/h4-11,17,23H,12-13H2,1-3H3,(H2,20,21,24). The molecule has 2 rings (SSSR count). The van der Waals surface area contributed by atoms with Crippen molar-refractivity contribution >= 4 is 17.4 Å². The molecule has 1 unspecified atom stereocenters. The molecule has 6 nitrogen and oxygen atoms in total. The van der Waals surface area contributed by atoms with E-state index in [0.717, 1.165) is 11.3 Å². The Bertz CT molecular complexity index is 669. The number of ether oxygens (including phenoxy) is 1. The molecule has 0 saturated carbocycles. The average molecular weight is 343 g/mol. The molecule has 1 atom stereocenters. The molecule has 0 heterocycles. The van der Waals surface area contributed by atoms with Gasteiger partial charge in [0.25, 0.3) is 0 Å². The lowest BCUT2D eigenvalue weighted by Crippen LogP contribution is -2.30. The van der Waals surface area contributed by atoms with E-state index in [1.807, 2.05) is 50.2 Å². The minimum atomic E-state index is -0.548. The molecular formula is C19H25N3O3. The van der Waals surface area contributed by atoms with E-state index in [2.05, 4.69) is 10.6 Å². The fraction of sp³-hybridized carbons (Fsp3) is 0.316. The molecule has 2 aromatic rings. The third-order valence-corrected chi connectivity index (χ3v) is 3.44. The first-order valence-electron chi connectivity index (χ1n) is 8.13. The normalized spacial score (nSPS) is 11.9. The highest BCUT2D eigenvalue weighted by atomic mass is 16.5. The molecule has 0 spiro atoms. The van der Waals surface area contributed by atoms with Gasteiger partial charge < -0.3 is 25.4 Å². The number of anilines is 2. The Labute approximate surface area is 148 Å². The first-order valence-corrected chi connectivity index (χ1v) is 8.13. The molecule has 0 radical (unpaired) electrons. The van der Waals surface area contributed by atoms with E-state index in [1.165, 1.54) is 0 Å². The van der Waals surface area contributed by atoms with Crippen molar-refractivity contribution in [1.29, 1.82) is 0 Å². The third-order valence-electron chi connectivity index (χ3n) is 3.44. The van der Waals surface area contributed by atoms with E-state index in [1.54, 1.807) is 24.3 Å². The Morgan fingerprint density at radius 3 is 2.08 bits per heavy atom. The lowest BCUT2D eigenvalue weighted by Gasteiger charge is -2.16. The van der Waals surface area contributed by atoms with Gasteiger partial charge in [0.15, 0.2) is 0 Å². The maximum Gasteiger partial charge on any atom is 0.323 e. The number of likely N-dealkylation sites (N-methyl/N-ethyl adjacent to an activating group) is 1. The van der Waals surface area contributed by atoms with Crippen molar-refractivity contribution in [3.63, 3.8) is 0 Å². The Morgan fingerprint density at radius 1 is 1.04 bits per heavy atom. The molecule has 134 valence electrons. The minimum absolute atomic E-state index is 0.221. The van der Waals surface area contributed by atoms with E-state index in [9.17, 15) is 9.90 Å². The molecule has 0 aliphatic carbocycles. The van der Waals surface area contributed by atoms with Crippen molar-refractivity contribution in [3.05, 3.63) is 54.1 Å². The monoisotopic (exact) mass is 343 g/mol. The summed E-state index contributed by atoms with van der Waals surface area (Å²) < 4.78 is 5.53. The number of hydrogen-bond donors (Lipinski definition) is 3. The fourth-order valence-corrected chi connectivity index (χ4v) is 2.23. The summed E-state index contributed by atoms with van der Waals surface area (Å²) in [6.45, 7) is 2.75. The van der Waals surface area contributed by atoms with E-state index in [4.69, 9.17) is 4.74 Å². The molecule has 2 amide bonds. The summed E-state index contributed by atoms with van der Waals surface area (Å²) in [7, 11) is 3.79. The lowest BCUT2D eigenvalue weighted by atomic mass is 10.2. The second-order valence-electron chi connectivity index (χ2n) is 6.20. The summed E-state index contributed by atoms with van der Waals surface area (Å²) in [5, 5.41) is 15.3. The number of benzene rings is 2. The summed E-state index contributed by atoms with van der Waals surface area (Å²) >= 11 is 0. The second kappa shape index (κ2) is 9.05. The van der Waals surface area contributed by atoms with E-state index in [0.29, 0.717) is 18.0 Å². The van der Waals surface area contributed by atoms with E-state index < -0.39 is 6.10 Å². The van der Waals surface area contributed by atoms with Crippen LogP contribution in [0, 0.1) is 6.92 Å². The highest BCUT2D eigenvalue weighted by molar-refractivity contribution is 5.99. The molecule has 0 aliphatic heterocycles. The Morgan fingerprint density at radius 2 is 1.56 bits per heavy atom. The first-order chi connectivity index (χ1) is 11.9. The molecule has 0 fully saturated rings. The zero-order chi connectivity index (χ0) is 18.2. The predicted molar refractivity (Wildman–Crippen MR) is 100 cm³/mol. The largest absolute Gasteiger partial charge is 0.491 e. The zero-order valence-electron chi connectivity index (χ0n) is 14.8. The molecular weight excluding hydrogens is 318 g/mol. The number of urea groups is 1. The Balaban J connectivity index is 1.81. The van der Waals surface area contributed by atoms with Crippen LogP contribution in [0.25, 0.3) is 0 Å². The van der Waals surface area contributed by atoms with Crippen LogP contribution in [0.5, 0.6) is 5.75 Å². The average Bonchev–Trinajstić information content (AvgIpc) is 2.56. The Hall–Kier alpha value is -2.57. The van der Waals surface area contributed by atoms with Gasteiger partial charge in [0.05, 0.1) is 0 Å². The van der Waals surface area contributed by atoms with Crippen LogP contribution in [-0.2, 0) is 0 Å². The molecule has 2 aromatic carbocycles. The van der Waals surface area contributed by atoms with Gasteiger partial charge in [0.1, 0.15) is 18.5 Å². The Kier molecular flexibility index (Phi) is 6.80. The van der Waals surface area contributed by atoms with Crippen molar-refractivity contribution in [2.45, 2.75) is 13.0 Å². The van der Waals surface area contributed by atoms with Crippen LogP contribution in [-0.4, -0.2) is 49.4 Å². The first kappa shape index (κ1) is 18.8. The molecule has 25 heavy (non-hydrogen) atoms. The maximum atomic E-state index is 12.0. The van der Waals surface area contributed by atoms with Gasteiger partial charge in [-0.05, 0) is 57.4 Å². The number of hydrogen-bond acceptors (Lipinski definition) is 4. The SMILES string of the molecule is Cc1ccc(NC(=O)Nc2ccc(OCC(O)CN(C)C)cc2)cc1. The van der Waals surface area contributed by atoms with Crippen LogP contribution in [0.2, 0.25) is 0 Å². The van der Waals surface area contributed by atoms with Crippen LogP contribution in [0.3, 0.4) is 0 Å². The van der Waals surface area contributed by atoms with Crippen LogP contribution in [0.4, 0.5) is 16.2 Å². The number of nitrogens with one attached hydrogen (secondary N) is 2. The van der Waals surface area contributed by atoms with Gasteiger partial charge in [0, 0.05) is 17.9 Å². The topological polar surface area (TPSA) is 73.8 Å². The molecule has 0 saturated heterocycles. The molecule has 3 N–H and O–H groups in total. The van der Waals surface area contributed by atoms with Gasteiger partial charge in [-0.2, -0.15) is 0 Å². The number of rotatable bonds is 7. The number of amides is 2. The molecule has 0 aromatic heterocycles. The van der Waals surface area contributed by atoms with Crippen LogP contribution >= 0.6 is 0 Å². The van der Waals surface area contributed by atoms with E-state index in [-0.39, 0.29) is 12.6 Å². The highest BCUT2D eigenvalue weighted by Gasteiger charge is 2.07. The second-order valence-corrected chi connectivity index (χ2v) is 6.20. The fourth-order valence-electron chi connectivity index (χ4n) is 2.23. The maximum absolute atomic E-state index is 12.0.